The minimum atomic E-state index is -0.177. The van der Waals surface area contributed by atoms with Gasteiger partial charge in [0, 0.05) is 22.2 Å². The molecule has 1 amide bonds. The molecule has 0 aliphatic rings. The van der Waals surface area contributed by atoms with Gasteiger partial charge in [-0.05, 0) is 37.3 Å². The average Bonchev–Trinajstić information content (AvgIpc) is 2.53. The lowest BCUT2D eigenvalue weighted by molar-refractivity contribution is 0.0953. The number of ether oxygens (including phenoxy) is 1. The van der Waals surface area contributed by atoms with Gasteiger partial charge >= 0.3 is 0 Å². The first-order valence-corrected chi connectivity index (χ1v) is 8.27. The Morgan fingerprint density at radius 3 is 2.64 bits per heavy atom. The van der Waals surface area contributed by atoms with Crippen molar-refractivity contribution >= 4 is 29.3 Å². The minimum Gasteiger partial charge on any atom is -0.496 e. The van der Waals surface area contributed by atoms with Gasteiger partial charge in [0.15, 0.2) is 0 Å². The van der Waals surface area contributed by atoms with E-state index in [2.05, 4.69) is 36.5 Å². The van der Waals surface area contributed by atoms with Crippen molar-refractivity contribution in [3.05, 3.63) is 58.6 Å². The summed E-state index contributed by atoms with van der Waals surface area (Å²) >= 11 is 7.64. The van der Waals surface area contributed by atoms with Crippen LogP contribution < -0.4 is 10.1 Å². The zero-order valence-corrected chi connectivity index (χ0v) is 14.1. The monoisotopic (exact) mass is 335 g/mol. The second-order valence-electron chi connectivity index (χ2n) is 4.76. The minimum absolute atomic E-state index is 0.177. The maximum atomic E-state index is 12.2. The highest BCUT2D eigenvalue weighted by Crippen LogP contribution is 2.22. The van der Waals surface area contributed by atoms with Crippen molar-refractivity contribution < 1.29 is 9.53 Å². The van der Waals surface area contributed by atoms with Crippen LogP contribution in [0.1, 0.15) is 15.9 Å². The van der Waals surface area contributed by atoms with Crippen molar-refractivity contribution in [2.24, 2.45) is 0 Å². The highest BCUT2D eigenvalue weighted by Gasteiger charge is 2.12. The van der Waals surface area contributed by atoms with Crippen LogP contribution in [0.2, 0.25) is 5.02 Å². The molecule has 0 aliphatic carbocycles. The summed E-state index contributed by atoms with van der Waals surface area (Å²) in [5.41, 5.74) is 1.70. The molecule has 2 rings (SSSR count). The number of amides is 1. The molecule has 0 aromatic heterocycles. The van der Waals surface area contributed by atoms with E-state index >= 15 is 0 Å². The van der Waals surface area contributed by atoms with Gasteiger partial charge in [-0.2, -0.15) is 0 Å². The predicted molar refractivity (Wildman–Crippen MR) is 92.2 cm³/mol. The number of halogens is 1. The van der Waals surface area contributed by atoms with Crippen molar-refractivity contribution in [2.75, 3.05) is 19.4 Å². The molecule has 0 bridgehead atoms. The molecular formula is C17H18ClNO2S. The zero-order chi connectivity index (χ0) is 15.9. The standard InChI is InChI=1S/C17H18ClNO2S/c1-12-3-6-14(7-4-12)22-10-9-19-17(20)15-11-13(18)5-8-16(15)21-2/h3-8,11H,9-10H2,1-2H3,(H,19,20). The van der Waals surface area contributed by atoms with Gasteiger partial charge in [-0.3, -0.25) is 4.79 Å². The van der Waals surface area contributed by atoms with Gasteiger partial charge in [0.25, 0.3) is 5.91 Å². The number of carbonyl (C=O) groups excluding carboxylic acids is 1. The molecule has 3 nitrogen and oxygen atoms in total. The van der Waals surface area contributed by atoms with E-state index in [4.69, 9.17) is 16.3 Å². The van der Waals surface area contributed by atoms with E-state index in [1.54, 1.807) is 30.0 Å². The summed E-state index contributed by atoms with van der Waals surface area (Å²) in [5, 5.41) is 3.40. The van der Waals surface area contributed by atoms with Crippen LogP contribution in [-0.2, 0) is 0 Å². The Hall–Kier alpha value is -1.65. The van der Waals surface area contributed by atoms with E-state index in [0.29, 0.717) is 22.9 Å². The molecule has 0 saturated heterocycles. The number of methoxy groups -OCH3 is 1. The molecular weight excluding hydrogens is 318 g/mol. The summed E-state index contributed by atoms with van der Waals surface area (Å²) in [5.74, 6) is 1.15. The Labute approximate surface area is 140 Å². The second-order valence-corrected chi connectivity index (χ2v) is 6.37. The summed E-state index contributed by atoms with van der Waals surface area (Å²) in [6.07, 6.45) is 0. The third-order valence-corrected chi connectivity index (χ3v) is 4.33. The predicted octanol–water partition coefficient (Wildman–Crippen LogP) is 4.18. The Morgan fingerprint density at radius 1 is 1.23 bits per heavy atom. The van der Waals surface area contributed by atoms with Crippen molar-refractivity contribution in [2.45, 2.75) is 11.8 Å². The first kappa shape index (κ1) is 16.7. The third kappa shape index (κ3) is 4.68. The van der Waals surface area contributed by atoms with Crippen LogP contribution in [0.15, 0.2) is 47.4 Å². The molecule has 0 heterocycles. The van der Waals surface area contributed by atoms with Crippen LogP contribution in [0.25, 0.3) is 0 Å². The van der Waals surface area contributed by atoms with Gasteiger partial charge in [0.2, 0.25) is 0 Å². The van der Waals surface area contributed by atoms with Gasteiger partial charge < -0.3 is 10.1 Å². The lowest BCUT2D eigenvalue weighted by Crippen LogP contribution is -2.26. The SMILES string of the molecule is COc1ccc(Cl)cc1C(=O)NCCSc1ccc(C)cc1. The quantitative estimate of drug-likeness (QED) is 0.635. The molecule has 1 N–H and O–H groups in total. The highest BCUT2D eigenvalue weighted by molar-refractivity contribution is 7.99. The van der Waals surface area contributed by atoms with E-state index in [9.17, 15) is 4.79 Å². The number of hydrogen-bond donors (Lipinski definition) is 1. The Balaban J connectivity index is 1.85. The van der Waals surface area contributed by atoms with E-state index < -0.39 is 0 Å². The number of rotatable bonds is 6. The molecule has 0 spiro atoms. The zero-order valence-electron chi connectivity index (χ0n) is 12.6. The number of thioether (sulfide) groups is 1. The van der Waals surface area contributed by atoms with Crippen molar-refractivity contribution in [3.8, 4) is 5.75 Å². The molecule has 22 heavy (non-hydrogen) atoms. The van der Waals surface area contributed by atoms with Crippen LogP contribution >= 0.6 is 23.4 Å². The molecule has 2 aromatic rings. The summed E-state index contributed by atoms with van der Waals surface area (Å²) in [6.45, 7) is 2.64. The van der Waals surface area contributed by atoms with Crippen molar-refractivity contribution in [1.29, 1.82) is 0 Å². The fourth-order valence-corrected chi connectivity index (χ4v) is 2.86. The molecule has 0 fully saturated rings. The fourth-order valence-electron chi connectivity index (χ4n) is 1.92. The molecule has 116 valence electrons. The topological polar surface area (TPSA) is 38.3 Å². The maximum absolute atomic E-state index is 12.2. The molecule has 0 radical (unpaired) electrons. The van der Waals surface area contributed by atoms with Gasteiger partial charge in [0.05, 0.1) is 12.7 Å². The lowest BCUT2D eigenvalue weighted by atomic mass is 10.2. The summed E-state index contributed by atoms with van der Waals surface area (Å²) in [4.78, 5) is 13.4. The van der Waals surface area contributed by atoms with Crippen LogP contribution in [0.4, 0.5) is 0 Å². The van der Waals surface area contributed by atoms with E-state index in [0.717, 1.165) is 5.75 Å². The maximum Gasteiger partial charge on any atom is 0.255 e. The molecule has 5 heteroatoms. The first-order valence-electron chi connectivity index (χ1n) is 6.91. The molecule has 0 saturated carbocycles. The van der Waals surface area contributed by atoms with Crippen LogP contribution in [0.5, 0.6) is 5.75 Å². The lowest BCUT2D eigenvalue weighted by Gasteiger charge is -2.09. The number of aryl methyl sites for hydroxylation is 1. The van der Waals surface area contributed by atoms with Gasteiger partial charge in [0.1, 0.15) is 5.75 Å². The van der Waals surface area contributed by atoms with Gasteiger partial charge in [-0.25, -0.2) is 0 Å². The first-order chi connectivity index (χ1) is 10.6. The van der Waals surface area contributed by atoms with E-state index in [1.165, 1.54) is 17.6 Å². The van der Waals surface area contributed by atoms with Crippen LogP contribution in [0, 0.1) is 6.92 Å². The molecule has 0 unspecified atom stereocenters. The second kappa shape index (κ2) is 8.11. The van der Waals surface area contributed by atoms with Crippen molar-refractivity contribution in [3.63, 3.8) is 0 Å². The number of carbonyl (C=O) groups is 1. The van der Waals surface area contributed by atoms with E-state index in [1.807, 2.05) is 0 Å². The van der Waals surface area contributed by atoms with Crippen LogP contribution in [0.3, 0.4) is 0 Å². The van der Waals surface area contributed by atoms with Gasteiger partial charge in [-0.15, -0.1) is 11.8 Å². The average molecular weight is 336 g/mol. The van der Waals surface area contributed by atoms with Crippen molar-refractivity contribution in [1.82, 2.24) is 5.32 Å². The smallest absolute Gasteiger partial charge is 0.255 e. The summed E-state index contributed by atoms with van der Waals surface area (Å²) < 4.78 is 5.18. The third-order valence-electron chi connectivity index (χ3n) is 3.08. The number of hydrogen-bond acceptors (Lipinski definition) is 3. The Bertz CT molecular complexity index is 644. The number of benzene rings is 2. The fraction of sp³-hybridized carbons (Fsp3) is 0.235. The highest BCUT2D eigenvalue weighted by atomic mass is 35.5. The molecule has 0 aliphatic heterocycles. The number of nitrogens with one attached hydrogen (secondary N) is 1. The summed E-state index contributed by atoms with van der Waals surface area (Å²) in [6, 6.07) is 13.3. The largest absolute Gasteiger partial charge is 0.496 e. The summed E-state index contributed by atoms with van der Waals surface area (Å²) in [7, 11) is 1.53. The molecule has 2 aromatic carbocycles. The molecule has 0 atom stereocenters. The van der Waals surface area contributed by atoms with Crippen LogP contribution in [-0.4, -0.2) is 25.3 Å². The van der Waals surface area contributed by atoms with E-state index in [-0.39, 0.29) is 5.91 Å². The Morgan fingerprint density at radius 2 is 1.95 bits per heavy atom. The normalized spacial score (nSPS) is 10.3. The Kier molecular flexibility index (Phi) is 6.16. The van der Waals surface area contributed by atoms with Gasteiger partial charge in [-0.1, -0.05) is 29.3 Å².